The average Bonchev–Trinajstić information content (AvgIpc) is 2.51. The van der Waals surface area contributed by atoms with Gasteiger partial charge < -0.3 is 0 Å². The van der Waals surface area contributed by atoms with E-state index in [0.717, 1.165) is 0 Å². The van der Waals surface area contributed by atoms with Crippen molar-refractivity contribution in [1.82, 2.24) is 15.0 Å². The highest BCUT2D eigenvalue weighted by molar-refractivity contribution is 5.79. The molecule has 0 N–H and O–H groups in total. The van der Waals surface area contributed by atoms with E-state index in [-0.39, 0.29) is 25.7 Å². The van der Waals surface area contributed by atoms with Crippen LogP contribution in [0.15, 0.2) is 6.20 Å². The Kier molecular flexibility index (Phi) is 4.97. The summed E-state index contributed by atoms with van der Waals surface area (Å²) in [6, 6.07) is 0. The van der Waals surface area contributed by atoms with Gasteiger partial charge in [-0.1, -0.05) is 26.5 Å². The summed E-state index contributed by atoms with van der Waals surface area (Å²) in [5, 5.41) is 7.14. The van der Waals surface area contributed by atoms with Crippen LogP contribution in [0.4, 0.5) is 4.39 Å². The van der Waals surface area contributed by atoms with Crippen molar-refractivity contribution in [3.8, 4) is 0 Å². The Labute approximate surface area is 83.1 Å². The van der Waals surface area contributed by atoms with Crippen LogP contribution in [-0.2, 0) is 18.0 Å². The molecule has 0 bridgehead atoms. The first-order valence-corrected chi connectivity index (χ1v) is 4.11. The lowest BCUT2D eigenvalue weighted by Crippen LogP contribution is -2.18. The third kappa shape index (κ3) is 2.90. The highest BCUT2D eigenvalue weighted by Crippen LogP contribution is 2.02. The molecule has 14 heavy (non-hydrogen) atoms. The van der Waals surface area contributed by atoms with Crippen molar-refractivity contribution in [2.45, 2.75) is 34.5 Å². The Balaban J connectivity index is 0.00000169. The Morgan fingerprint density at radius 2 is 2.29 bits per heavy atom. The Bertz CT molecular complexity index is 296. The molecular weight excluding hydrogens is 184 g/mol. The lowest BCUT2D eigenvalue weighted by molar-refractivity contribution is -0.122. The quantitative estimate of drug-likeness (QED) is 0.741. The minimum absolute atomic E-state index is 0. The summed E-state index contributed by atoms with van der Waals surface area (Å²) in [6.07, 6.45) is 1.33. The van der Waals surface area contributed by atoms with Crippen molar-refractivity contribution >= 4 is 5.78 Å². The molecule has 5 heteroatoms. The van der Waals surface area contributed by atoms with Crippen molar-refractivity contribution in [3.05, 3.63) is 11.9 Å². The number of halogens is 1. The third-order valence-corrected chi connectivity index (χ3v) is 1.78. The van der Waals surface area contributed by atoms with Crippen LogP contribution >= 0.6 is 0 Å². The minimum Gasteiger partial charge on any atom is -0.297 e. The van der Waals surface area contributed by atoms with Gasteiger partial charge in [0, 0.05) is 5.92 Å². The molecule has 0 spiro atoms. The fourth-order valence-corrected chi connectivity index (χ4v) is 0.846. The molecule has 0 radical (unpaired) electrons. The van der Waals surface area contributed by atoms with Gasteiger partial charge in [-0.15, -0.1) is 5.10 Å². The molecule has 80 valence electrons. The topological polar surface area (TPSA) is 47.8 Å². The van der Waals surface area contributed by atoms with E-state index in [1.165, 1.54) is 10.9 Å². The largest absolute Gasteiger partial charge is 0.297 e. The standard InChI is InChI=1S/C8H12FN3O.CH4/c1-6(2)8(13)5-12-7(3-9)4-10-11-12;/h4,6H,3,5H2,1-2H3;1H4/i9-1;. The molecule has 0 saturated heterocycles. The molecule has 0 aliphatic heterocycles. The second kappa shape index (κ2) is 5.47. The molecule has 0 saturated carbocycles. The molecule has 4 nitrogen and oxygen atoms in total. The Hall–Kier alpha value is -1.26. The second-order valence-corrected chi connectivity index (χ2v) is 3.14. The lowest BCUT2D eigenvalue weighted by Gasteiger charge is -2.04. The predicted molar refractivity (Wildman–Crippen MR) is 51.4 cm³/mol. The van der Waals surface area contributed by atoms with E-state index in [1.807, 2.05) is 0 Å². The van der Waals surface area contributed by atoms with Gasteiger partial charge in [0.1, 0.15) is 13.2 Å². The molecule has 0 aliphatic rings. The Morgan fingerprint density at radius 3 is 2.79 bits per heavy atom. The first kappa shape index (κ1) is 12.7. The fourth-order valence-electron chi connectivity index (χ4n) is 0.846. The number of nitrogens with zero attached hydrogens (tertiary/aromatic N) is 3. The van der Waals surface area contributed by atoms with E-state index in [2.05, 4.69) is 10.3 Å². The van der Waals surface area contributed by atoms with E-state index in [1.54, 1.807) is 13.8 Å². The van der Waals surface area contributed by atoms with E-state index in [0.29, 0.717) is 5.69 Å². The number of hydrogen-bond acceptors (Lipinski definition) is 3. The molecule has 1 aromatic rings. The summed E-state index contributed by atoms with van der Waals surface area (Å²) in [4.78, 5) is 11.3. The number of alkyl halides is 1. The smallest absolute Gasteiger partial charge is 0.156 e. The average molecular weight is 200 g/mol. The summed E-state index contributed by atoms with van der Waals surface area (Å²) < 4.78 is 13.6. The maximum Gasteiger partial charge on any atom is 0.156 e. The van der Waals surface area contributed by atoms with Gasteiger partial charge >= 0.3 is 0 Å². The van der Waals surface area contributed by atoms with Crippen LogP contribution < -0.4 is 0 Å². The van der Waals surface area contributed by atoms with E-state index >= 15 is 0 Å². The summed E-state index contributed by atoms with van der Waals surface area (Å²) in [5.41, 5.74) is 0.342. The van der Waals surface area contributed by atoms with Gasteiger partial charge in [0.2, 0.25) is 0 Å². The van der Waals surface area contributed by atoms with Crippen molar-refractivity contribution < 1.29 is 9.18 Å². The van der Waals surface area contributed by atoms with E-state index in [4.69, 9.17) is 0 Å². The fraction of sp³-hybridized carbons (Fsp3) is 0.667. The molecule has 0 amide bonds. The van der Waals surface area contributed by atoms with Gasteiger partial charge in [0.25, 0.3) is 0 Å². The predicted octanol–water partition coefficient (Wildman–Crippen LogP) is 1.61. The molecule has 1 aromatic heterocycles. The number of carbonyl (C=O) groups excluding carboxylic acids is 1. The Morgan fingerprint density at radius 1 is 1.64 bits per heavy atom. The second-order valence-electron chi connectivity index (χ2n) is 3.14. The van der Waals surface area contributed by atoms with Crippen LogP contribution in [0.3, 0.4) is 0 Å². The molecule has 0 aliphatic carbocycles. The van der Waals surface area contributed by atoms with Crippen LogP contribution in [-0.4, -0.2) is 20.8 Å². The highest BCUT2D eigenvalue weighted by Gasteiger charge is 2.11. The SMILES string of the molecule is C.CC(C)C(=O)Cn1nncc1C[18F]. The third-order valence-electron chi connectivity index (χ3n) is 1.78. The zero-order valence-corrected chi connectivity index (χ0v) is 7.70. The molecule has 0 atom stereocenters. The van der Waals surface area contributed by atoms with Gasteiger partial charge in [0.15, 0.2) is 5.78 Å². The normalized spacial score (nSPS) is 10.0. The van der Waals surface area contributed by atoms with Crippen LogP contribution in [0.1, 0.15) is 27.0 Å². The lowest BCUT2D eigenvalue weighted by atomic mass is 10.1. The van der Waals surface area contributed by atoms with Crippen molar-refractivity contribution in [2.75, 3.05) is 0 Å². The highest BCUT2D eigenvalue weighted by atomic mass is 18.2. The van der Waals surface area contributed by atoms with Crippen molar-refractivity contribution in [3.63, 3.8) is 0 Å². The van der Waals surface area contributed by atoms with Crippen LogP contribution in [0.5, 0.6) is 0 Å². The van der Waals surface area contributed by atoms with Crippen LogP contribution in [0.25, 0.3) is 0 Å². The molecule has 0 unspecified atom stereocenters. The summed E-state index contributed by atoms with van der Waals surface area (Å²) >= 11 is 0. The molecule has 0 aromatic carbocycles. The molecule has 1 rings (SSSR count). The molecule has 1 heterocycles. The maximum absolute atomic E-state index is 12.3. The van der Waals surface area contributed by atoms with Crippen LogP contribution in [0.2, 0.25) is 0 Å². The van der Waals surface area contributed by atoms with Crippen LogP contribution in [0, 0.1) is 5.92 Å². The zero-order valence-electron chi connectivity index (χ0n) is 7.70. The van der Waals surface area contributed by atoms with E-state index < -0.39 is 6.67 Å². The molecular formula is C9H16FN3O. The molecule has 0 fully saturated rings. The maximum atomic E-state index is 12.3. The van der Waals surface area contributed by atoms with Gasteiger partial charge in [-0.05, 0) is 0 Å². The first-order valence-electron chi connectivity index (χ1n) is 4.11. The summed E-state index contributed by atoms with van der Waals surface area (Å²) in [6.45, 7) is 3.07. The minimum atomic E-state index is -0.641. The van der Waals surface area contributed by atoms with Gasteiger partial charge in [-0.2, -0.15) is 0 Å². The number of hydrogen-bond donors (Lipinski definition) is 0. The number of Topliss-reactive ketones (excluding diaryl/α,β-unsaturated/α-hetero) is 1. The van der Waals surface area contributed by atoms with E-state index in [9.17, 15) is 9.18 Å². The number of ketones is 1. The van der Waals surface area contributed by atoms with Gasteiger partial charge in [0.05, 0.1) is 11.9 Å². The monoisotopic (exact) mass is 200 g/mol. The summed E-state index contributed by atoms with van der Waals surface area (Å²) in [7, 11) is 0. The number of rotatable bonds is 4. The van der Waals surface area contributed by atoms with Gasteiger partial charge in [-0.3, -0.25) is 4.79 Å². The first-order chi connectivity index (χ1) is 6.15. The van der Waals surface area contributed by atoms with Crippen molar-refractivity contribution in [1.29, 1.82) is 0 Å². The number of aromatic nitrogens is 3. The zero-order chi connectivity index (χ0) is 9.84. The van der Waals surface area contributed by atoms with Crippen molar-refractivity contribution in [2.24, 2.45) is 5.92 Å². The summed E-state index contributed by atoms with van der Waals surface area (Å²) in [5.74, 6) is -0.0307. The number of carbonyl (C=O) groups is 1. The van der Waals surface area contributed by atoms with Gasteiger partial charge in [-0.25, -0.2) is 9.07 Å².